The van der Waals surface area contributed by atoms with Gasteiger partial charge in [-0.05, 0) is 11.8 Å². The summed E-state index contributed by atoms with van der Waals surface area (Å²) >= 11 is 1.55. The highest BCUT2D eigenvalue weighted by atomic mass is 32.2. The SMILES string of the molecule is O=C(CCO)C1CC=CS1. The Morgan fingerprint density at radius 2 is 2.60 bits per heavy atom. The fourth-order valence-electron chi connectivity index (χ4n) is 0.864. The molecule has 0 fully saturated rings. The molecular weight excluding hydrogens is 148 g/mol. The Morgan fingerprint density at radius 1 is 1.80 bits per heavy atom. The zero-order valence-electron chi connectivity index (χ0n) is 5.62. The van der Waals surface area contributed by atoms with Gasteiger partial charge in [-0.25, -0.2) is 0 Å². The smallest absolute Gasteiger partial charge is 0.148 e. The van der Waals surface area contributed by atoms with Crippen LogP contribution < -0.4 is 0 Å². The lowest BCUT2D eigenvalue weighted by atomic mass is 10.2. The highest BCUT2D eigenvalue weighted by Gasteiger charge is 2.18. The number of aliphatic hydroxyl groups is 1. The van der Waals surface area contributed by atoms with Crippen molar-refractivity contribution in [3.63, 3.8) is 0 Å². The van der Waals surface area contributed by atoms with Crippen LogP contribution in [-0.2, 0) is 4.79 Å². The highest BCUT2D eigenvalue weighted by Crippen LogP contribution is 2.25. The van der Waals surface area contributed by atoms with Crippen molar-refractivity contribution < 1.29 is 9.90 Å². The number of allylic oxidation sites excluding steroid dienone is 1. The van der Waals surface area contributed by atoms with E-state index in [2.05, 4.69) is 0 Å². The van der Waals surface area contributed by atoms with E-state index in [0.717, 1.165) is 6.42 Å². The van der Waals surface area contributed by atoms with E-state index >= 15 is 0 Å². The normalized spacial score (nSPS) is 23.5. The van der Waals surface area contributed by atoms with Crippen molar-refractivity contribution in [3.05, 3.63) is 11.5 Å². The summed E-state index contributed by atoms with van der Waals surface area (Å²) in [4.78, 5) is 11.0. The number of carbonyl (C=O) groups excluding carboxylic acids is 1. The van der Waals surface area contributed by atoms with Gasteiger partial charge in [-0.2, -0.15) is 0 Å². The first-order valence-corrected chi connectivity index (χ1v) is 4.23. The molecule has 0 saturated carbocycles. The Kier molecular flexibility index (Phi) is 2.96. The average molecular weight is 158 g/mol. The summed E-state index contributed by atoms with van der Waals surface area (Å²) in [5.74, 6) is 0.164. The summed E-state index contributed by atoms with van der Waals surface area (Å²) < 4.78 is 0. The molecule has 2 nitrogen and oxygen atoms in total. The second-order valence-corrected chi connectivity index (χ2v) is 3.29. The largest absolute Gasteiger partial charge is 0.396 e. The molecule has 0 radical (unpaired) electrons. The van der Waals surface area contributed by atoms with Gasteiger partial charge in [0.1, 0.15) is 5.78 Å². The van der Waals surface area contributed by atoms with E-state index in [4.69, 9.17) is 5.11 Å². The molecule has 3 heteroatoms. The number of carbonyl (C=O) groups is 1. The molecule has 0 aromatic carbocycles. The molecule has 0 amide bonds. The second-order valence-electron chi connectivity index (χ2n) is 2.17. The fraction of sp³-hybridized carbons (Fsp3) is 0.571. The maximum atomic E-state index is 11.0. The summed E-state index contributed by atoms with van der Waals surface area (Å²) in [5, 5.41) is 10.5. The summed E-state index contributed by atoms with van der Waals surface area (Å²) in [6.45, 7) is -0.0180. The standard InChI is InChI=1S/C7H10O2S/c8-4-3-6(9)7-2-1-5-10-7/h1,5,7-8H,2-4H2. The van der Waals surface area contributed by atoms with E-state index in [-0.39, 0.29) is 17.6 Å². The molecule has 0 spiro atoms. The van der Waals surface area contributed by atoms with Gasteiger partial charge in [-0.15, -0.1) is 11.8 Å². The third-order valence-corrected chi connectivity index (χ3v) is 2.54. The van der Waals surface area contributed by atoms with Crippen LogP contribution in [-0.4, -0.2) is 22.7 Å². The molecule has 0 aromatic heterocycles. The van der Waals surface area contributed by atoms with Gasteiger partial charge >= 0.3 is 0 Å². The minimum atomic E-state index is -0.0180. The van der Waals surface area contributed by atoms with Gasteiger partial charge in [0.25, 0.3) is 0 Å². The van der Waals surface area contributed by atoms with Crippen molar-refractivity contribution in [3.8, 4) is 0 Å². The van der Waals surface area contributed by atoms with E-state index in [0.29, 0.717) is 6.42 Å². The fourth-order valence-corrected chi connectivity index (χ4v) is 1.77. The van der Waals surface area contributed by atoms with Crippen LogP contribution in [0.15, 0.2) is 11.5 Å². The lowest BCUT2D eigenvalue weighted by molar-refractivity contribution is -0.119. The Bertz CT molecular complexity index is 146. The molecule has 0 aliphatic carbocycles. The lowest BCUT2D eigenvalue weighted by Crippen LogP contribution is -2.14. The lowest BCUT2D eigenvalue weighted by Gasteiger charge is -2.03. The summed E-state index contributed by atoms with van der Waals surface area (Å²) in [6.07, 6.45) is 3.13. The third kappa shape index (κ3) is 1.85. The predicted molar refractivity (Wildman–Crippen MR) is 41.8 cm³/mol. The number of aliphatic hydroxyl groups excluding tert-OH is 1. The van der Waals surface area contributed by atoms with E-state index in [1.807, 2.05) is 11.5 Å². The molecule has 10 heavy (non-hydrogen) atoms. The number of thioether (sulfide) groups is 1. The van der Waals surface area contributed by atoms with Crippen molar-refractivity contribution in [2.24, 2.45) is 0 Å². The van der Waals surface area contributed by atoms with Gasteiger partial charge in [0.15, 0.2) is 0 Å². The van der Waals surface area contributed by atoms with Gasteiger partial charge in [-0.1, -0.05) is 6.08 Å². The predicted octanol–water partition coefficient (Wildman–Crippen LogP) is 0.957. The van der Waals surface area contributed by atoms with Crippen LogP contribution in [0.2, 0.25) is 0 Å². The summed E-state index contributed by atoms with van der Waals surface area (Å²) in [7, 11) is 0. The second kappa shape index (κ2) is 3.78. The maximum Gasteiger partial charge on any atom is 0.148 e. The number of Topliss-reactive ketones (excluding diaryl/α,β-unsaturated/α-hetero) is 1. The molecule has 1 aliphatic heterocycles. The van der Waals surface area contributed by atoms with Crippen molar-refractivity contribution in [2.75, 3.05) is 6.61 Å². The molecule has 1 aliphatic rings. The Labute approximate surface area is 64.3 Å². The van der Waals surface area contributed by atoms with E-state index in [1.165, 1.54) is 0 Å². The first-order chi connectivity index (χ1) is 4.84. The quantitative estimate of drug-likeness (QED) is 0.664. The molecule has 0 aromatic rings. The first kappa shape index (κ1) is 7.82. The zero-order valence-corrected chi connectivity index (χ0v) is 6.43. The molecule has 1 N–H and O–H groups in total. The van der Waals surface area contributed by atoms with Gasteiger partial charge < -0.3 is 5.11 Å². The Balaban J connectivity index is 2.28. The monoisotopic (exact) mass is 158 g/mol. The van der Waals surface area contributed by atoms with Gasteiger partial charge in [0.05, 0.1) is 11.9 Å². The van der Waals surface area contributed by atoms with Gasteiger partial charge in [-0.3, -0.25) is 4.79 Å². The number of hydrogen-bond acceptors (Lipinski definition) is 3. The first-order valence-electron chi connectivity index (χ1n) is 3.28. The van der Waals surface area contributed by atoms with E-state index < -0.39 is 0 Å². The molecule has 0 bridgehead atoms. The topological polar surface area (TPSA) is 37.3 Å². The van der Waals surface area contributed by atoms with E-state index in [9.17, 15) is 4.79 Å². The van der Waals surface area contributed by atoms with Crippen LogP contribution in [0.1, 0.15) is 12.8 Å². The van der Waals surface area contributed by atoms with Crippen LogP contribution in [0, 0.1) is 0 Å². The molecule has 56 valence electrons. The zero-order chi connectivity index (χ0) is 7.40. The minimum absolute atomic E-state index is 0.0180. The Hall–Kier alpha value is -0.280. The minimum Gasteiger partial charge on any atom is -0.396 e. The van der Waals surface area contributed by atoms with Gasteiger partial charge in [0.2, 0.25) is 0 Å². The maximum absolute atomic E-state index is 11.0. The van der Waals surface area contributed by atoms with Gasteiger partial charge in [0, 0.05) is 6.42 Å². The van der Waals surface area contributed by atoms with Crippen molar-refractivity contribution in [2.45, 2.75) is 18.1 Å². The summed E-state index contributed by atoms with van der Waals surface area (Å²) in [6, 6.07) is 0. The van der Waals surface area contributed by atoms with E-state index in [1.54, 1.807) is 11.8 Å². The Morgan fingerprint density at radius 3 is 3.10 bits per heavy atom. The van der Waals surface area contributed by atoms with Crippen LogP contribution >= 0.6 is 11.8 Å². The molecular formula is C7H10O2S. The number of hydrogen-bond donors (Lipinski definition) is 1. The molecule has 0 saturated heterocycles. The molecule has 1 rings (SSSR count). The molecule has 1 unspecified atom stereocenters. The average Bonchev–Trinajstić information content (AvgIpc) is 2.38. The van der Waals surface area contributed by atoms with Crippen LogP contribution in [0.25, 0.3) is 0 Å². The van der Waals surface area contributed by atoms with Crippen molar-refractivity contribution in [1.82, 2.24) is 0 Å². The highest BCUT2D eigenvalue weighted by molar-refractivity contribution is 8.03. The van der Waals surface area contributed by atoms with Crippen LogP contribution in [0.4, 0.5) is 0 Å². The van der Waals surface area contributed by atoms with Crippen LogP contribution in [0.3, 0.4) is 0 Å². The third-order valence-electron chi connectivity index (χ3n) is 1.41. The van der Waals surface area contributed by atoms with Crippen molar-refractivity contribution in [1.29, 1.82) is 0 Å². The number of rotatable bonds is 3. The van der Waals surface area contributed by atoms with Crippen molar-refractivity contribution >= 4 is 17.5 Å². The molecule has 1 atom stereocenters. The van der Waals surface area contributed by atoms with Crippen LogP contribution in [0.5, 0.6) is 0 Å². The summed E-state index contributed by atoms with van der Waals surface area (Å²) in [5.41, 5.74) is 0. The molecule has 1 heterocycles. The number of ketones is 1.